The summed E-state index contributed by atoms with van der Waals surface area (Å²) >= 11 is 0. The maximum absolute atomic E-state index is 10.7. The van der Waals surface area contributed by atoms with Gasteiger partial charge in [0, 0.05) is 12.3 Å². The molecule has 0 aromatic heterocycles. The van der Waals surface area contributed by atoms with Gasteiger partial charge in [0.25, 0.3) is 5.69 Å². The van der Waals surface area contributed by atoms with Gasteiger partial charge in [0.2, 0.25) is 0 Å². The fourth-order valence-corrected chi connectivity index (χ4v) is 1.87. The molecule has 18 heavy (non-hydrogen) atoms. The van der Waals surface area contributed by atoms with Crippen LogP contribution in [0.4, 0.5) is 5.69 Å². The molecule has 0 radical (unpaired) electrons. The second-order valence-corrected chi connectivity index (χ2v) is 5.48. The number of hydrogen-bond acceptors (Lipinski definition) is 4. The van der Waals surface area contributed by atoms with Crippen LogP contribution in [0, 0.1) is 10.1 Å². The molecule has 0 aliphatic rings. The molecule has 1 aromatic rings. The van der Waals surface area contributed by atoms with Crippen LogP contribution in [0.2, 0.25) is 0 Å². The Labute approximate surface area is 105 Å². The minimum absolute atomic E-state index is 0.0776. The van der Waals surface area contributed by atoms with Gasteiger partial charge in [0.15, 0.2) is 0 Å². The van der Waals surface area contributed by atoms with Gasteiger partial charge in [0.05, 0.1) is 27.1 Å². The lowest BCUT2D eigenvalue weighted by Gasteiger charge is -2.14. The molecule has 0 atom stereocenters. The maximum atomic E-state index is 10.7. The number of quaternary nitrogens is 1. The number of nitro groups is 1. The van der Waals surface area contributed by atoms with Crippen LogP contribution in [0.25, 0.3) is 4.72 Å². The van der Waals surface area contributed by atoms with Crippen molar-refractivity contribution in [2.75, 3.05) is 19.3 Å². The van der Waals surface area contributed by atoms with Crippen LogP contribution in [0.5, 0.6) is 0 Å². The molecule has 0 unspecified atom stereocenters. The third-order valence-electron chi connectivity index (χ3n) is 2.21. The van der Waals surface area contributed by atoms with Crippen LogP contribution >= 0.6 is 0 Å². The number of rotatable bonds is 7. The predicted molar refractivity (Wildman–Crippen MR) is 66.7 cm³/mol. The Morgan fingerprint density at radius 3 is 2.67 bits per heavy atom. The van der Waals surface area contributed by atoms with E-state index in [1.807, 2.05) is 0 Å². The predicted octanol–water partition coefficient (Wildman–Crippen LogP) is -0.00850. The maximum Gasteiger partial charge on any atom is 0.278 e. The van der Waals surface area contributed by atoms with Gasteiger partial charge >= 0.3 is 0 Å². The monoisotopic (exact) mass is 273 g/mol. The smallest absolute Gasteiger partial charge is 0.278 e. The van der Waals surface area contributed by atoms with E-state index in [0.29, 0.717) is 18.7 Å². The van der Waals surface area contributed by atoms with Crippen molar-refractivity contribution in [1.29, 1.82) is 0 Å². The van der Waals surface area contributed by atoms with Gasteiger partial charge in [-0.15, -0.1) is 0 Å². The molecule has 100 valence electrons. The number of nitro benzene ring substituents is 1. The summed E-state index contributed by atoms with van der Waals surface area (Å²) in [5, 5.41) is 12.5. The molecule has 0 heterocycles. The Balaban J connectivity index is 2.42. The SMILES string of the molecule is CS(=O)(=O)[N-]CC[NH2+]Cc1ccccc1[N+](=O)[O-]. The fourth-order valence-electron chi connectivity index (χ4n) is 1.43. The number of benzene rings is 1. The second-order valence-electron chi connectivity index (χ2n) is 3.75. The molecule has 0 aliphatic heterocycles. The first-order valence-corrected chi connectivity index (χ1v) is 7.17. The van der Waals surface area contributed by atoms with Gasteiger partial charge in [-0.05, 0) is 6.07 Å². The molecule has 0 fully saturated rings. The molecule has 2 N–H and O–H groups in total. The van der Waals surface area contributed by atoms with E-state index in [-0.39, 0.29) is 12.2 Å². The van der Waals surface area contributed by atoms with Crippen molar-refractivity contribution in [3.05, 3.63) is 44.7 Å². The van der Waals surface area contributed by atoms with E-state index in [2.05, 4.69) is 4.72 Å². The highest BCUT2D eigenvalue weighted by atomic mass is 32.2. The Morgan fingerprint density at radius 2 is 2.06 bits per heavy atom. The Morgan fingerprint density at radius 1 is 1.39 bits per heavy atom. The van der Waals surface area contributed by atoms with E-state index in [1.54, 1.807) is 23.5 Å². The van der Waals surface area contributed by atoms with E-state index in [9.17, 15) is 18.5 Å². The quantitative estimate of drug-likeness (QED) is 0.428. The molecule has 0 amide bonds. The molecular formula is C10H15N3O4S. The van der Waals surface area contributed by atoms with Crippen LogP contribution in [0.15, 0.2) is 24.3 Å². The van der Waals surface area contributed by atoms with E-state index in [0.717, 1.165) is 6.26 Å². The van der Waals surface area contributed by atoms with Crippen molar-refractivity contribution in [3.63, 3.8) is 0 Å². The van der Waals surface area contributed by atoms with Gasteiger partial charge in [-0.25, -0.2) is 8.42 Å². The summed E-state index contributed by atoms with van der Waals surface area (Å²) in [6.45, 7) is 1.08. The minimum atomic E-state index is -3.29. The zero-order valence-corrected chi connectivity index (χ0v) is 10.8. The molecule has 1 aromatic carbocycles. The van der Waals surface area contributed by atoms with Crippen molar-refractivity contribution in [1.82, 2.24) is 0 Å². The van der Waals surface area contributed by atoms with Gasteiger partial charge in [-0.3, -0.25) is 10.1 Å². The Bertz CT molecular complexity index is 516. The van der Waals surface area contributed by atoms with Crippen LogP contribution in [0.3, 0.4) is 0 Å². The summed E-state index contributed by atoms with van der Waals surface area (Å²) in [4.78, 5) is 10.3. The lowest BCUT2D eigenvalue weighted by atomic mass is 10.2. The molecule has 7 nitrogen and oxygen atoms in total. The standard InChI is InChI=1S/C10H14N3O4S/c1-18(16,17)12-7-6-11-8-9-4-2-3-5-10(9)13(14)15/h2-5,11H,6-8H2,1H3/q-1/p+1. The highest BCUT2D eigenvalue weighted by Crippen LogP contribution is 2.15. The topological polar surface area (TPSA) is 108 Å². The Hall–Kier alpha value is -1.51. The molecule has 0 saturated carbocycles. The van der Waals surface area contributed by atoms with Crippen LogP contribution < -0.4 is 5.32 Å². The summed E-state index contributed by atoms with van der Waals surface area (Å²) in [5.41, 5.74) is 0.690. The normalized spacial score (nSPS) is 11.4. The first-order chi connectivity index (χ1) is 8.40. The zero-order valence-electron chi connectivity index (χ0n) is 9.94. The molecular weight excluding hydrogens is 258 g/mol. The number of hydrogen-bond donors (Lipinski definition) is 1. The molecule has 0 saturated heterocycles. The number of nitrogens with two attached hydrogens (primary N) is 1. The number of para-hydroxylation sites is 1. The Kier molecular flexibility index (Phi) is 5.20. The number of nitrogens with zero attached hydrogens (tertiary/aromatic N) is 2. The lowest BCUT2D eigenvalue weighted by Crippen LogP contribution is -2.83. The van der Waals surface area contributed by atoms with Crippen LogP contribution in [0.1, 0.15) is 5.56 Å². The minimum Gasteiger partial charge on any atom is -0.545 e. The third-order valence-corrected chi connectivity index (χ3v) is 2.86. The van der Waals surface area contributed by atoms with Crippen molar-refractivity contribution >= 4 is 15.7 Å². The average Bonchev–Trinajstić information content (AvgIpc) is 2.27. The highest BCUT2D eigenvalue weighted by molar-refractivity contribution is 7.93. The second kappa shape index (κ2) is 6.43. The van der Waals surface area contributed by atoms with Crippen molar-refractivity contribution < 1.29 is 18.7 Å². The van der Waals surface area contributed by atoms with Crippen LogP contribution in [-0.2, 0) is 16.6 Å². The van der Waals surface area contributed by atoms with Crippen molar-refractivity contribution in [2.45, 2.75) is 6.54 Å². The summed E-state index contributed by atoms with van der Waals surface area (Å²) < 4.78 is 24.9. The zero-order chi connectivity index (χ0) is 13.6. The third kappa shape index (κ3) is 5.21. The van der Waals surface area contributed by atoms with Gasteiger partial charge in [0.1, 0.15) is 6.54 Å². The first-order valence-electron chi connectivity index (χ1n) is 5.33. The molecule has 0 aliphatic carbocycles. The molecule has 0 spiro atoms. The van der Waals surface area contributed by atoms with E-state index in [1.165, 1.54) is 6.07 Å². The summed E-state index contributed by atoms with van der Waals surface area (Å²) in [5.74, 6) is 0. The van der Waals surface area contributed by atoms with Gasteiger partial charge < -0.3 is 10.0 Å². The summed E-state index contributed by atoms with van der Waals surface area (Å²) in [6.07, 6.45) is 1.04. The number of sulfonamides is 1. The van der Waals surface area contributed by atoms with E-state index >= 15 is 0 Å². The van der Waals surface area contributed by atoms with E-state index in [4.69, 9.17) is 0 Å². The molecule has 8 heteroatoms. The van der Waals surface area contributed by atoms with E-state index < -0.39 is 14.9 Å². The summed E-state index contributed by atoms with van der Waals surface area (Å²) in [7, 11) is -3.29. The highest BCUT2D eigenvalue weighted by Gasteiger charge is 2.12. The molecule has 1 rings (SSSR count). The van der Waals surface area contributed by atoms with Crippen molar-refractivity contribution in [2.24, 2.45) is 0 Å². The first kappa shape index (κ1) is 14.6. The fraction of sp³-hybridized carbons (Fsp3) is 0.400. The average molecular weight is 273 g/mol. The lowest BCUT2D eigenvalue weighted by molar-refractivity contribution is -0.668. The van der Waals surface area contributed by atoms with Crippen molar-refractivity contribution in [3.8, 4) is 0 Å². The van der Waals surface area contributed by atoms with Gasteiger partial charge in [-0.1, -0.05) is 18.7 Å². The largest absolute Gasteiger partial charge is 0.545 e. The summed E-state index contributed by atoms with van der Waals surface area (Å²) in [6, 6.07) is 6.48. The van der Waals surface area contributed by atoms with Crippen LogP contribution in [-0.4, -0.2) is 32.7 Å². The van der Waals surface area contributed by atoms with Gasteiger partial charge in [-0.2, -0.15) is 0 Å². The molecule has 0 bridgehead atoms.